The Hall–Kier alpha value is -4.53. The summed E-state index contributed by atoms with van der Waals surface area (Å²) in [6.45, 7) is 1.60. The van der Waals surface area contributed by atoms with Gasteiger partial charge in [0, 0.05) is 17.8 Å². The zero-order chi connectivity index (χ0) is 24.2. The third-order valence-electron chi connectivity index (χ3n) is 5.14. The predicted molar refractivity (Wildman–Crippen MR) is 121 cm³/mol. The first kappa shape index (κ1) is 22.7. The Labute approximate surface area is 194 Å². The maximum atomic E-state index is 13.0. The largest absolute Gasteiger partial charge is 0.457 e. The van der Waals surface area contributed by atoms with Gasteiger partial charge in [-0.15, -0.1) is 0 Å². The van der Waals surface area contributed by atoms with E-state index in [0.717, 1.165) is 9.80 Å². The Morgan fingerprint density at radius 3 is 2.12 bits per heavy atom. The lowest BCUT2D eigenvalue weighted by Gasteiger charge is -2.14. The van der Waals surface area contributed by atoms with E-state index < -0.39 is 17.8 Å². The van der Waals surface area contributed by atoms with Gasteiger partial charge in [-0.2, -0.15) is 0 Å². The highest BCUT2D eigenvalue weighted by molar-refractivity contribution is 6.44. The summed E-state index contributed by atoms with van der Waals surface area (Å²) >= 11 is 0. The second-order valence-corrected chi connectivity index (χ2v) is 7.46. The van der Waals surface area contributed by atoms with Crippen molar-refractivity contribution in [3.8, 4) is 11.5 Å². The smallest absolute Gasteiger partial charge is 0.334 e. The van der Waals surface area contributed by atoms with Crippen LogP contribution in [0.5, 0.6) is 11.5 Å². The van der Waals surface area contributed by atoms with Gasteiger partial charge in [-0.3, -0.25) is 24.2 Å². The van der Waals surface area contributed by atoms with Gasteiger partial charge in [0.1, 0.15) is 17.3 Å². The lowest BCUT2D eigenvalue weighted by atomic mass is 10.1. The van der Waals surface area contributed by atoms with E-state index >= 15 is 0 Å². The lowest BCUT2D eigenvalue weighted by Crippen LogP contribution is -2.32. The number of halogens is 1. The number of amides is 5. The molecule has 1 fully saturated rings. The third kappa shape index (κ3) is 4.78. The highest BCUT2D eigenvalue weighted by Crippen LogP contribution is 2.24. The van der Waals surface area contributed by atoms with Gasteiger partial charge >= 0.3 is 17.8 Å². The number of likely N-dealkylation sites (N-methyl/N-ethyl adjacent to an activating group) is 1. The van der Waals surface area contributed by atoms with Crippen molar-refractivity contribution < 1.29 is 28.3 Å². The van der Waals surface area contributed by atoms with E-state index in [4.69, 9.17) is 4.74 Å². The van der Waals surface area contributed by atoms with E-state index in [2.05, 4.69) is 5.32 Å². The quantitative estimate of drug-likeness (QED) is 0.421. The van der Waals surface area contributed by atoms with E-state index in [1.54, 1.807) is 55.5 Å². The summed E-state index contributed by atoms with van der Waals surface area (Å²) in [5.74, 6) is -1.49. The van der Waals surface area contributed by atoms with Crippen LogP contribution in [0.3, 0.4) is 0 Å². The van der Waals surface area contributed by atoms with Gasteiger partial charge in [-0.05, 0) is 73.2 Å². The molecule has 8 nitrogen and oxygen atoms in total. The number of rotatable bonds is 7. The van der Waals surface area contributed by atoms with Crippen LogP contribution in [-0.2, 0) is 16.1 Å². The standard InChI is InChI=1S/C25H20FN3O5/c1-2-28-23(31)24(32)29(25(28)33)15-16-4-3-5-17(14-16)22(30)27-19-8-12-21(13-9-19)34-20-10-6-18(26)7-11-20/h3-14H,2,15H2,1H3,(H,27,30). The third-order valence-corrected chi connectivity index (χ3v) is 5.14. The normalized spacial score (nSPS) is 13.4. The predicted octanol–water partition coefficient (Wildman–Crippen LogP) is 4.18. The maximum Gasteiger partial charge on any atom is 0.334 e. The molecule has 0 spiro atoms. The molecule has 0 aliphatic carbocycles. The van der Waals surface area contributed by atoms with Crippen molar-refractivity contribution in [1.82, 2.24) is 9.80 Å². The van der Waals surface area contributed by atoms with Crippen LogP contribution in [0.1, 0.15) is 22.8 Å². The number of anilines is 1. The molecule has 1 aliphatic rings. The molecular formula is C25H20FN3O5. The van der Waals surface area contributed by atoms with Crippen molar-refractivity contribution >= 4 is 29.4 Å². The van der Waals surface area contributed by atoms with Crippen LogP contribution in [0.25, 0.3) is 0 Å². The maximum absolute atomic E-state index is 13.0. The molecule has 9 heteroatoms. The molecule has 5 amide bonds. The van der Waals surface area contributed by atoms with Crippen LogP contribution in [0.15, 0.2) is 72.8 Å². The highest BCUT2D eigenvalue weighted by atomic mass is 19.1. The molecular weight excluding hydrogens is 441 g/mol. The fourth-order valence-electron chi connectivity index (χ4n) is 3.41. The Kier molecular flexibility index (Phi) is 6.35. The second-order valence-electron chi connectivity index (χ2n) is 7.46. The monoisotopic (exact) mass is 461 g/mol. The van der Waals surface area contributed by atoms with Crippen molar-refractivity contribution in [2.45, 2.75) is 13.5 Å². The van der Waals surface area contributed by atoms with E-state index in [9.17, 15) is 23.6 Å². The van der Waals surface area contributed by atoms with E-state index in [0.29, 0.717) is 28.3 Å². The summed E-state index contributed by atoms with van der Waals surface area (Å²) in [5.41, 5.74) is 1.38. The summed E-state index contributed by atoms with van der Waals surface area (Å²) in [5, 5.41) is 2.76. The zero-order valence-electron chi connectivity index (χ0n) is 18.2. The first-order chi connectivity index (χ1) is 16.4. The number of hydrogen-bond acceptors (Lipinski definition) is 5. The number of urea groups is 1. The molecule has 1 aliphatic heterocycles. The Morgan fingerprint density at radius 1 is 0.882 bits per heavy atom. The molecule has 0 saturated carbocycles. The topological polar surface area (TPSA) is 96.0 Å². The number of nitrogens with zero attached hydrogens (tertiary/aromatic N) is 2. The molecule has 4 rings (SSSR count). The molecule has 3 aromatic carbocycles. The summed E-state index contributed by atoms with van der Waals surface area (Å²) in [7, 11) is 0. The molecule has 1 N–H and O–H groups in total. The van der Waals surface area contributed by atoms with Gasteiger partial charge < -0.3 is 10.1 Å². The summed E-state index contributed by atoms with van der Waals surface area (Å²) in [6.07, 6.45) is 0. The Balaban J connectivity index is 1.40. The number of hydrogen-bond donors (Lipinski definition) is 1. The SMILES string of the molecule is CCN1C(=O)C(=O)N(Cc2cccc(C(=O)Nc3ccc(Oc4ccc(F)cc4)cc3)c2)C1=O. The average molecular weight is 461 g/mol. The minimum absolute atomic E-state index is 0.107. The van der Waals surface area contributed by atoms with Crippen LogP contribution in [0, 0.1) is 5.82 Å². The summed E-state index contributed by atoms with van der Waals surface area (Å²) in [4.78, 5) is 50.7. The number of carbonyl (C=O) groups is 4. The lowest BCUT2D eigenvalue weighted by molar-refractivity contribution is -0.143. The van der Waals surface area contributed by atoms with E-state index in [-0.39, 0.29) is 24.8 Å². The number of ether oxygens (including phenoxy) is 1. The molecule has 0 unspecified atom stereocenters. The minimum atomic E-state index is -0.885. The van der Waals surface area contributed by atoms with Gasteiger partial charge in [0.25, 0.3) is 5.91 Å². The molecule has 0 aromatic heterocycles. The summed E-state index contributed by atoms with van der Waals surface area (Å²) in [6, 6.07) is 18.0. The van der Waals surface area contributed by atoms with Gasteiger partial charge in [0.05, 0.1) is 6.54 Å². The average Bonchev–Trinajstić information content (AvgIpc) is 3.04. The Morgan fingerprint density at radius 2 is 1.50 bits per heavy atom. The fraction of sp³-hybridized carbons (Fsp3) is 0.120. The van der Waals surface area contributed by atoms with E-state index in [1.165, 1.54) is 24.3 Å². The van der Waals surface area contributed by atoms with Gasteiger partial charge in [-0.25, -0.2) is 9.18 Å². The molecule has 1 saturated heterocycles. The second kappa shape index (κ2) is 9.53. The summed E-state index contributed by atoms with van der Waals surface area (Å²) < 4.78 is 18.6. The molecule has 1 heterocycles. The van der Waals surface area contributed by atoms with Crippen molar-refractivity contribution in [1.29, 1.82) is 0 Å². The molecule has 3 aromatic rings. The number of carbonyl (C=O) groups excluding carboxylic acids is 4. The van der Waals surface area contributed by atoms with Gasteiger partial charge in [0.2, 0.25) is 0 Å². The molecule has 172 valence electrons. The van der Waals surface area contributed by atoms with Crippen molar-refractivity contribution in [2.75, 3.05) is 11.9 Å². The number of nitrogens with one attached hydrogen (secondary N) is 1. The van der Waals surface area contributed by atoms with Crippen molar-refractivity contribution in [2.24, 2.45) is 0 Å². The van der Waals surface area contributed by atoms with Crippen LogP contribution in [-0.4, -0.2) is 40.1 Å². The number of imide groups is 2. The molecule has 34 heavy (non-hydrogen) atoms. The van der Waals surface area contributed by atoms with Gasteiger partial charge in [0.15, 0.2) is 0 Å². The van der Waals surface area contributed by atoms with Crippen molar-refractivity contribution in [3.63, 3.8) is 0 Å². The van der Waals surface area contributed by atoms with Crippen LogP contribution >= 0.6 is 0 Å². The minimum Gasteiger partial charge on any atom is -0.457 e. The molecule has 0 atom stereocenters. The zero-order valence-corrected chi connectivity index (χ0v) is 18.2. The van der Waals surface area contributed by atoms with E-state index in [1.807, 2.05) is 0 Å². The van der Waals surface area contributed by atoms with Crippen LogP contribution in [0.4, 0.5) is 14.9 Å². The highest BCUT2D eigenvalue weighted by Gasteiger charge is 2.43. The van der Waals surface area contributed by atoms with Crippen LogP contribution < -0.4 is 10.1 Å². The Bertz CT molecular complexity index is 1260. The van der Waals surface area contributed by atoms with Crippen molar-refractivity contribution in [3.05, 3.63) is 89.7 Å². The first-order valence-corrected chi connectivity index (χ1v) is 10.5. The van der Waals surface area contributed by atoms with Gasteiger partial charge in [-0.1, -0.05) is 12.1 Å². The fourth-order valence-corrected chi connectivity index (χ4v) is 3.41. The molecule has 0 radical (unpaired) electrons. The first-order valence-electron chi connectivity index (χ1n) is 10.5. The van der Waals surface area contributed by atoms with Crippen LogP contribution in [0.2, 0.25) is 0 Å². The number of benzene rings is 3. The molecule has 0 bridgehead atoms.